The number of aromatic nitrogens is 2. The normalized spacial score (nSPS) is 28.7. The van der Waals surface area contributed by atoms with Crippen molar-refractivity contribution >= 4 is 23.5 Å². The topological polar surface area (TPSA) is 106 Å². The molecule has 0 spiro atoms. The summed E-state index contributed by atoms with van der Waals surface area (Å²) in [4.78, 5) is 49.9. The Balaban J connectivity index is 1.51. The Labute approximate surface area is 202 Å². The summed E-state index contributed by atoms with van der Waals surface area (Å²) < 4.78 is 34.6. The lowest BCUT2D eigenvalue weighted by Crippen LogP contribution is -2.50. The van der Waals surface area contributed by atoms with E-state index in [9.17, 15) is 19.2 Å². The molecule has 180 valence electrons. The summed E-state index contributed by atoms with van der Waals surface area (Å²) >= 11 is 6.33. The van der Waals surface area contributed by atoms with E-state index in [1.54, 1.807) is 36.4 Å². The molecule has 1 aliphatic carbocycles. The molecule has 2 fully saturated rings. The molecule has 2 unspecified atom stereocenters. The van der Waals surface area contributed by atoms with Crippen LogP contribution in [0, 0.1) is 0 Å². The van der Waals surface area contributed by atoms with E-state index in [4.69, 9.17) is 25.8 Å². The van der Waals surface area contributed by atoms with Crippen molar-refractivity contribution in [2.45, 2.75) is 29.2 Å². The highest BCUT2D eigenvalue weighted by Crippen LogP contribution is 2.66. The third-order valence-corrected chi connectivity index (χ3v) is 6.58. The maximum atomic E-state index is 16.4. The average Bonchev–Trinajstić information content (AvgIpc) is 3.39. The van der Waals surface area contributed by atoms with E-state index in [0.717, 1.165) is 21.4 Å². The van der Waals surface area contributed by atoms with E-state index in [2.05, 4.69) is 0 Å². The Bertz CT molecular complexity index is 1420. The minimum absolute atomic E-state index is 0.107. The van der Waals surface area contributed by atoms with Crippen LogP contribution < -0.4 is 11.2 Å². The first-order chi connectivity index (χ1) is 16.7. The lowest BCUT2D eigenvalue weighted by atomic mass is 10.1. The molecule has 2 aromatic carbocycles. The minimum atomic E-state index is -3.04. The number of ether oxygens (including phenoxy) is 3. The van der Waals surface area contributed by atoms with Crippen molar-refractivity contribution < 1.29 is 28.2 Å². The smallest absolute Gasteiger partial charge is 0.339 e. The molecular weight excluding hydrogens is 483 g/mol. The van der Waals surface area contributed by atoms with Crippen molar-refractivity contribution in [3.8, 4) is 0 Å². The third kappa shape index (κ3) is 3.48. The molecule has 35 heavy (non-hydrogen) atoms. The Morgan fingerprint density at radius 3 is 2.14 bits per heavy atom. The average molecular weight is 501 g/mol. The first-order valence-corrected chi connectivity index (χ1v) is 10.9. The van der Waals surface area contributed by atoms with E-state index in [1.165, 1.54) is 31.3 Å². The molecule has 3 aromatic rings. The van der Waals surface area contributed by atoms with Gasteiger partial charge in [-0.2, -0.15) is 0 Å². The van der Waals surface area contributed by atoms with Gasteiger partial charge in [0, 0.05) is 19.3 Å². The van der Waals surface area contributed by atoms with Crippen LogP contribution in [0.4, 0.5) is 4.39 Å². The monoisotopic (exact) mass is 500 g/mol. The largest absolute Gasteiger partial charge is 0.451 e. The molecule has 5 atom stereocenters. The van der Waals surface area contributed by atoms with Gasteiger partial charge in [-0.05, 0) is 24.3 Å². The SMILES string of the molecule is Cn1c(=O)ccn(C2O[C@@H]3C(OC(=O)c4ccccc4)[C@]3(OC(=O)c3ccccc3)[C@]2(F)Cl)c1=O. The van der Waals surface area contributed by atoms with Crippen LogP contribution in [0.2, 0.25) is 0 Å². The molecule has 0 amide bonds. The first kappa shape index (κ1) is 23.0. The van der Waals surface area contributed by atoms with Gasteiger partial charge >= 0.3 is 17.6 Å². The van der Waals surface area contributed by atoms with Gasteiger partial charge in [0.25, 0.3) is 10.7 Å². The summed E-state index contributed by atoms with van der Waals surface area (Å²) in [7, 11) is 1.21. The maximum absolute atomic E-state index is 16.4. The fourth-order valence-corrected chi connectivity index (χ4v) is 4.57. The number of fused-ring (bicyclic) bond motifs is 1. The van der Waals surface area contributed by atoms with E-state index >= 15 is 4.39 Å². The lowest BCUT2D eigenvalue weighted by Gasteiger charge is -2.31. The number of carbonyl (C=O) groups excluding carboxylic acids is 2. The predicted octanol–water partition coefficient (Wildman–Crippen LogP) is 2.18. The second-order valence-electron chi connectivity index (χ2n) is 8.18. The first-order valence-electron chi connectivity index (χ1n) is 10.5. The molecule has 11 heteroatoms. The molecule has 5 rings (SSSR count). The zero-order valence-corrected chi connectivity index (χ0v) is 18.9. The van der Waals surface area contributed by atoms with E-state index in [1.807, 2.05) is 0 Å². The van der Waals surface area contributed by atoms with E-state index in [0.29, 0.717) is 0 Å². The number of hydrogen-bond acceptors (Lipinski definition) is 7. The van der Waals surface area contributed by atoms with Crippen LogP contribution in [0.25, 0.3) is 0 Å². The van der Waals surface area contributed by atoms with Crippen LogP contribution in [-0.2, 0) is 21.3 Å². The second kappa shape index (κ2) is 8.17. The van der Waals surface area contributed by atoms with Crippen LogP contribution in [0.5, 0.6) is 0 Å². The summed E-state index contributed by atoms with van der Waals surface area (Å²) in [5, 5.41) is -3.04. The number of carbonyl (C=O) groups is 2. The van der Waals surface area contributed by atoms with Crippen molar-refractivity contribution in [1.29, 1.82) is 0 Å². The third-order valence-electron chi connectivity index (χ3n) is 6.10. The van der Waals surface area contributed by atoms with Gasteiger partial charge in [0.15, 0.2) is 12.3 Å². The molecule has 1 saturated heterocycles. The van der Waals surface area contributed by atoms with Gasteiger partial charge in [-0.3, -0.25) is 13.9 Å². The molecule has 2 aliphatic rings. The summed E-state index contributed by atoms with van der Waals surface area (Å²) in [5.41, 5.74) is -3.46. The van der Waals surface area contributed by atoms with Gasteiger partial charge in [0.1, 0.15) is 6.10 Å². The summed E-state index contributed by atoms with van der Waals surface area (Å²) in [6, 6.07) is 16.8. The maximum Gasteiger partial charge on any atom is 0.339 e. The standard InChI is InChI=1S/C24H18ClFN2O7/c1-27-16(29)12-13-28(22(27)32)21-24(25,26)23(35-20(31)15-10-6-3-7-11-15)17(18(23)34-21)33-19(30)14-8-4-2-5-9-14/h2-13,17-18,21H,1H3/t17?,18-,21?,23-,24+/m1/s1. The molecule has 0 radical (unpaired) electrons. The fourth-order valence-electron chi connectivity index (χ4n) is 4.16. The molecule has 1 aliphatic heterocycles. The van der Waals surface area contributed by atoms with Crippen LogP contribution in [0.1, 0.15) is 26.9 Å². The number of benzene rings is 2. The summed E-state index contributed by atoms with van der Waals surface area (Å²) in [6.45, 7) is 0. The molecule has 2 heterocycles. The molecule has 9 nitrogen and oxygen atoms in total. The van der Waals surface area contributed by atoms with Crippen molar-refractivity contribution in [3.05, 3.63) is 105 Å². The lowest BCUT2D eigenvalue weighted by molar-refractivity contribution is -0.0942. The zero-order chi connectivity index (χ0) is 25.0. The Morgan fingerprint density at radius 2 is 1.54 bits per heavy atom. The molecule has 0 bridgehead atoms. The number of rotatable bonds is 5. The molecule has 1 saturated carbocycles. The minimum Gasteiger partial charge on any atom is -0.451 e. The van der Waals surface area contributed by atoms with Gasteiger partial charge in [-0.1, -0.05) is 48.0 Å². The highest BCUT2D eigenvalue weighted by atomic mass is 35.5. The number of hydrogen-bond donors (Lipinski definition) is 0. The fraction of sp³-hybridized carbons (Fsp3) is 0.250. The molecule has 1 aromatic heterocycles. The van der Waals surface area contributed by atoms with Crippen molar-refractivity contribution in [2.75, 3.05) is 0 Å². The number of nitrogens with zero attached hydrogens (tertiary/aromatic N) is 2. The number of alkyl halides is 2. The Kier molecular flexibility index (Phi) is 5.37. The van der Waals surface area contributed by atoms with Crippen LogP contribution in [0.15, 0.2) is 82.5 Å². The second-order valence-corrected chi connectivity index (χ2v) is 8.73. The summed E-state index contributed by atoms with van der Waals surface area (Å²) in [5.74, 6) is -1.72. The zero-order valence-electron chi connectivity index (χ0n) is 18.2. The van der Waals surface area contributed by atoms with Crippen LogP contribution >= 0.6 is 11.6 Å². The summed E-state index contributed by atoms with van der Waals surface area (Å²) in [6.07, 6.45) is -3.43. The van der Waals surface area contributed by atoms with Crippen molar-refractivity contribution in [1.82, 2.24) is 9.13 Å². The van der Waals surface area contributed by atoms with Crippen molar-refractivity contribution in [3.63, 3.8) is 0 Å². The Hall–Kier alpha value is -3.76. The van der Waals surface area contributed by atoms with E-state index < -0.39 is 52.4 Å². The molecular formula is C24H18ClFN2O7. The highest BCUT2D eigenvalue weighted by molar-refractivity contribution is 6.25. The van der Waals surface area contributed by atoms with Gasteiger partial charge in [0.05, 0.1) is 11.1 Å². The molecule has 0 N–H and O–H groups in total. The Morgan fingerprint density at radius 1 is 0.971 bits per heavy atom. The van der Waals surface area contributed by atoms with Crippen molar-refractivity contribution in [2.24, 2.45) is 7.05 Å². The van der Waals surface area contributed by atoms with E-state index in [-0.39, 0.29) is 11.1 Å². The van der Waals surface area contributed by atoms with Gasteiger partial charge in [-0.15, -0.1) is 0 Å². The number of halogens is 2. The van der Waals surface area contributed by atoms with Gasteiger partial charge in [-0.25, -0.2) is 18.8 Å². The predicted molar refractivity (Wildman–Crippen MR) is 120 cm³/mol. The number of esters is 2. The van der Waals surface area contributed by atoms with Crippen LogP contribution in [-0.4, -0.2) is 44.0 Å². The van der Waals surface area contributed by atoms with Gasteiger partial charge < -0.3 is 14.2 Å². The van der Waals surface area contributed by atoms with Crippen LogP contribution in [0.3, 0.4) is 0 Å². The quantitative estimate of drug-likeness (QED) is 0.390. The highest BCUT2D eigenvalue weighted by Gasteiger charge is 2.90. The van der Waals surface area contributed by atoms with Gasteiger partial charge in [0.2, 0.25) is 5.60 Å².